The van der Waals surface area contributed by atoms with Crippen LogP contribution in [0, 0.1) is 6.92 Å². The van der Waals surface area contributed by atoms with Crippen molar-refractivity contribution in [2.75, 3.05) is 24.3 Å². The summed E-state index contributed by atoms with van der Waals surface area (Å²) in [5, 5.41) is 36.1. The number of amides is 1. The first-order valence-electron chi connectivity index (χ1n) is 9.69. The third-order valence-electron chi connectivity index (χ3n) is 5.06. The van der Waals surface area contributed by atoms with Gasteiger partial charge in [0.25, 0.3) is 5.91 Å². The van der Waals surface area contributed by atoms with Crippen molar-refractivity contribution in [2.24, 2.45) is 17.2 Å². The van der Waals surface area contributed by atoms with Gasteiger partial charge < -0.3 is 25.4 Å². The number of carbonyl (C=O) groups is 2. The minimum Gasteiger partial charge on any atom is -0.857 e. The van der Waals surface area contributed by atoms with Crippen molar-refractivity contribution in [1.29, 1.82) is 0 Å². The van der Waals surface area contributed by atoms with Crippen molar-refractivity contribution < 1.29 is 54.2 Å². The average Bonchev–Trinajstić information content (AvgIpc) is 3.38. The quantitative estimate of drug-likeness (QED) is 0.0844. The number of hydrogen-bond donors (Lipinski definition) is 2. The Morgan fingerprint density at radius 1 is 1.46 bits per heavy atom. The molecule has 2 aromatic rings. The first-order valence-corrected chi connectivity index (χ1v) is 12.6. The van der Waals surface area contributed by atoms with Crippen LogP contribution >= 0.6 is 34.9 Å². The molecule has 17 heteroatoms. The molecule has 35 heavy (non-hydrogen) atoms. The maximum absolute atomic E-state index is 12.9. The number of aryl methyl sites for hydroxylation is 1. The molecule has 4 heterocycles. The van der Waals surface area contributed by atoms with Gasteiger partial charge in [-0.15, -0.1) is 33.3 Å². The molecule has 2 aliphatic heterocycles. The second-order valence-corrected chi connectivity index (χ2v) is 10.1. The summed E-state index contributed by atoms with van der Waals surface area (Å²) in [5.41, 5.74) is 6.11. The number of nitrogen functional groups attached to an aromatic ring is 1. The number of nitrogens with zero attached hydrogens (tertiary/aromatic N) is 7. The molecule has 0 aliphatic carbocycles. The summed E-state index contributed by atoms with van der Waals surface area (Å²) in [6.07, 6.45) is 0. The Morgan fingerprint density at radius 2 is 2.20 bits per heavy atom. The fraction of sp³-hybridized carbons (Fsp3) is 0.389. The number of thioether (sulfide) groups is 2. The summed E-state index contributed by atoms with van der Waals surface area (Å²) in [4.78, 5) is 38.8. The number of hydrogen-bond acceptors (Lipinski definition) is 13. The third kappa shape index (κ3) is 5.36. The minimum atomic E-state index is -1.22. The molecule has 1 amide bonds. The zero-order valence-corrected chi connectivity index (χ0v) is 23.6. The van der Waals surface area contributed by atoms with E-state index in [0.717, 1.165) is 17.2 Å². The van der Waals surface area contributed by atoms with Gasteiger partial charge in [-0.3, -0.25) is 14.7 Å². The number of fused-ring (bicyclic) bond motifs is 1. The zero-order chi connectivity index (χ0) is 24.6. The Balaban J connectivity index is 0.00000342. The van der Waals surface area contributed by atoms with Crippen LogP contribution in [-0.2, 0) is 21.5 Å². The topological polar surface area (TPSA) is 184 Å². The maximum atomic E-state index is 12.9. The van der Waals surface area contributed by atoms with Gasteiger partial charge in [0.05, 0.1) is 0 Å². The predicted molar refractivity (Wildman–Crippen MR) is 126 cm³/mol. The van der Waals surface area contributed by atoms with E-state index in [1.165, 1.54) is 40.9 Å². The van der Waals surface area contributed by atoms with Crippen LogP contribution in [0.2, 0.25) is 0 Å². The molecule has 3 N–H and O–H groups in total. The molecule has 0 aromatic carbocycles. The molecular weight excluding hydrogens is 527 g/mol. The first-order chi connectivity index (χ1) is 16.2. The maximum Gasteiger partial charge on any atom is 1.00 e. The number of carboxylic acid groups (broad SMARTS) is 1. The molecule has 4 rings (SSSR count). The fourth-order valence-corrected chi connectivity index (χ4v) is 6.27. The summed E-state index contributed by atoms with van der Waals surface area (Å²) in [6.45, 7) is 1.82. The Labute approximate surface area is 234 Å². The molecule has 1 fully saturated rings. The van der Waals surface area contributed by atoms with Crippen LogP contribution in [-0.4, -0.2) is 83.3 Å². The Hall–Kier alpha value is -2.11. The number of carbonyl (C=O) groups excluding carboxylic acids is 1. The molecule has 0 bridgehead atoms. The van der Waals surface area contributed by atoms with Crippen LogP contribution < -0.4 is 40.4 Å². The normalized spacial score (nSPS) is 20.3. The molecule has 0 radical (unpaired) electrons. The van der Waals surface area contributed by atoms with E-state index in [4.69, 9.17) is 10.6 Å². The molecule has 2 aromatic heterocycles. The van der Waals surface area contributed by atoms with Crippen molar-refractivity contribution in [2.45, 2.75) is 23.5 Å². The van der Waals surface area contributed by atoms with Crippen LogP contribution in [0.25, 0.3) is 0 Å². The molecule has 1 saturated heterocycles. The zero-order valence-electron chi connectivity index (χ0n) is 19.2. The van der Waals surface area contributed by atoms with Gasteiger partial charge in [-0.05, 0) is 12.5 Å². The summed E-state index contributed by atoms with van der Waals surface area (Å²) in [5.74, 6) is -1.17. The molecule has 2 atom stereocenters. The molecule has 180 valence electrons. The van der Waals surface area contributed by atoms with Crippen molar-refractivity contribution >= 4 is 63.5 Å². The van der Waals surface area contributed by atoms with Gasteiger partial charge in [0.2, 0.25) is 0 Å². The molecule has 0 spiro atoms. The number of β-lactam (4-membered cyclic amide) rings is 1. The van der Waals surface area contributed by atoms with E-state index in [9.17, 15) is 19.8 Å². The monoisotopic (exact) mass is 546 g/mol. The number of thiazole rings is 1. The molecule has 2 aliphatic rings. The van der Waals surface area contributed by atoms with Gasteiger partial charge >= 0.3 is 35.5 Å². The third-order valence-corrected chi connectivity index (χ3v) is 8.16. The van der Waals surface area contributed by atoms with Crippen LogP contribution in [0.5, 0.6) is 0 Å². The summed E-state index contributed by atoms with van der Waals surface area (Å²) in [6, 6.07) is -1.04. The summed E-state index contributed by atoms with van der Waals surface area (Å²) >= 11 is 3.80. The molecule has 0 saturated carbocycles. The van der Waals surface area contributed by atoms with Gasteiger partial charge in [0.15, 0.2) is 16.3 Å². The second-order valence-electron chi connectivity index (χ2n) is 7.12. The van der Waals surface area contributed by atoms with E-state index in [-0.39, 0.29) is 51.8 Å². The average molecular weight is 547 g/mol. The van der Waals surface area contributed by atoms with Gasteiger partial charge in [0, 0.05) is 29.8 Å². The van der Waals surface area contributed by atoms with Crippen LogP contribution in [0.15, 0.2) is 32.0 Å². The molecule has 0 unspecified atom stereocenters. The van der Waals surface area contributed by atoms with Gasteiger partial charge in [-0.1, -0.05) is 16.9 Å². The number of aliphatic imine (C=N–C) groups is 1. The Bertz CT molecular complexity index is 1240. The largest absolute Gasteiger partial charge is 1.00 e. The van der Waals surface area contributed by atoms with Crippen molar-refractivity contribution in [3.63, 3.8) is 0 Å². The number of oxime groups is 1. The SMILES string of the molecule is CO/N=C(\C([O-])=N[C@@H]1C(=O)N2C(C(=O)O)=C(CSc3nnc(C)n3C)CS[C@H]12)c1csc(N)n1.[Na+]. The number of rotatable bonds is 8. The van der Waals surface area contributed by atoms with Crippen molar-refractivity contribution in [3.8, 4) is 0 Å². The summed E-state index contributed by atoms with van der Waals surface area (Å²) in [7, 11) is 3.08. The molecular formula is C18H19N8NaO5S3. The van der Waals surface area contributed by atoms with Gasteiger partial charge in [0.1, 0.15) is 35.4 Å². The van der Waals surface area contributed by atoms with Gasteiger partial charge in [-0.2, -0.15) is 0 Å². The number of anilines is 1. The van der Waals surface area contributed by atoms with E-state index < -0.39 is 29.2 Å². The van der Waals surface area contributed by atoms with Crippen LogP contribution in [0.3, 0.4) is 0 Å². The molecule has 13 nitrogen and oxygen atoms in total. The number of aliphatic carboxylic acids is 1. The standard InChI is InChI=1S/C18H20N8O5S3.Na/c1-7-22-23-18(25(7)2)34-5-8-4-32-15-11(14(28)26(15)12(8)16(29)30)21-13(27)10(24-31-3)9-6-33-17(19)20-9;/h6,11,15H,4-5H2,1-3H3,(H2,19,20)(H,21,27)(H,29,30);/q;+1/p-1/b24-10-;/t11-,15-;/m1./s1. The minimum absolute atomic E-state index is 0. The Kier molecular flexibility index (Phi) is 8.87. The van der Waals surface area contributed by atoms with E-state index in [0.29, 0.717) is 22.2 Å². The summed E-state index contributed by atoms with van der Waals surface area (Å²) < 4.78 is 1.80. The van der Waals surface area contributed by atoms with E-state index in [1.54, 1.807) is 4.57 Å². The van der Waals surface area contributed by atoms with Crippen molar-refractivity contribution in [1.82, 2.24) is 24.6 Å². The van der Waals surface area contributed by atoms with E-state index in [2.05, 4.69) is 25.3 Å². The van der Waals surface area contributed by atoms with E-state index >= 15 is 0 Å². The second kappa shape index (κ2) is 11.3. The fourth-order valence-electron chi connectivity index (χ4n) is 3.30. The number of aromatic nitrogens is 4. The smallest absolute Gasteiger partial charge is 0.857 e. The predicted octanol–water partition coefficient (Wildman–Crippen LogP) is -3.31. The first kappa shape index (κ1) is 27.5. The Morgan fingerprint density at radius 3 is 2.77 bits per heavy atom. The van der Waals surface area contributed by atoms with E-state index in [1.807, 2.05) is 14.0 Å². The van der Waals surface area contributed by atoms with Crippen molar-refractivity contribution in [3.05, 3.63) is 28.2 Å². The number of nitrogens with two attached hydrogens (primary N) is 1. The van der Waals surface area contributed by atoms with Crippen LogP contribution in [0.1, 0.15) is 11.5 Å². The van der Waals surface area contributed by atoms with Gasteiger partial charge in [-0.25, -0.2) is 9.78 Å². The number of carboxylic acids is 1. The van der Waals surface area contributed by atoms with Crippen LogP contribution in [0.4, 0.5) is 5.13 Å².